The van der Waals surface area contributed by atoms with Crippen LogP contribution in [0.2, 0.25) is 0 Å². The van der Waals surface area contributed by atoms with Crippen molar-refractivity contribution in [2.45, 2.75) is 32.6 Å². The molecular formula is C17H22O6S. The number of rotatable bonds is 6. The van der Waals surface area contributed by atoms with Gasteiger partial charge < -0.3 is 14.2 Å². The summed E-state index contributed by atoms with van der Waals surface area (Å²) in [5.74, 6) is -0.385. The molecule has 1 aromatic rings. The molecule has 0 spiro atoms. The van der Waals surface area contributed by atoms with Crippen LogP contribution in [0.5, 0.6) is 0 Å². The summed E-state index contributed by atoms with van der Waals surface area (Å²) in [5, 5.41) is -0.406. The highest BCUT2D eigenvalue weighted by molar-refractivity contribution is 8.13. The molecule has 0 atom stereocenters. The van der Waals surface area contributed by atoms with Gasteiger partial charge in [0.05, 0.1) is 18.8 Å². The summed E-state index contributed by atoms with van der Waals surface area (Å²) in [6.45, 7) is 8.18. The number of hydrogen-bond acceptors (Lipinski definition) is 7. The molecule has 0 radical (unpaired) electrons. The predicted octanol–water partition coefficient (Wildman–Crippen LogP) is 4.52. The van der Waals surface area contributed by atoms with E-state index in [-0.39, 0.29) is 24.0 Å². The zero-order valence-electron chi connectivity index (χ0n) is 14.2. The smallest absolute Gasteiger partial charge is 0.457 e. The van der Waals surface area contributed by atoms with E-state index >= 15 is 0 Å². The number of carbonyl (C=O) groups is 3. The quantitative estimate of drug-likeness (QED) is 0.422. The van der Waals surface area contributed by atoms with Gasteiger partial charge in [0.25, 0.3) is 0 Å². The maximum absolute atomic E-state index is 11.8. The summed E-state index contributed by atoms with van der Waals surface area (Å²) in [5.41, 5.74) is 0.191. The highest BCUT2D eigenvalue weighted by Gasteiger charge is 2.15. The van der Waals surface area contributed by atoms with Gasteiger partial charge in [-0.1, -0.05) is 27.7 Å². The second-order valence-electron chi connectivity index (χ2n) is 5.93. The molecule has 0 aromatic heterocycles. The highest BCUT2D eigenvalue weighted by Crippen LogP contribution is 2.21. The summed E-state index contributed by atoms with van der Waals surface area (Å²) >= 11 is 0.926. The zero-order chi connectivity index (χ0) is 18.1. The average molecular weight is 354 g/mol. The van der Waals surface area contributed by atoms with Crippen LogP contribution < -0.4 is 0 Å². The first-order valence-electron chi connectivity index (χ1n) is 7.61. The van der Waals surface area contributed by atoms with Crippen molar-refractivity contribution in [3.05, 3.63) is 29.8 Å². The van der Waals surface area contributed by atoms with E-state index in [9.17, 15) is 14.4 Å². The lowest BCUT2D eigenvalue weighted by atomic mass is 10.2. The molecule has 1 aromatic carbocycles. The van der Waals surface area contributed by atoms with E-state index in [4.69, 9.17) is 9.47 Å². The molecule has 132 valence electrons. The first-order chi connectivity index (χ1) is 11.3. The number of ether oxygens (including phenoxy) is 3. The van der Waals surface area contributed by atoms with Crippen LogP contribution in [-0.4, -0.2) is 30.6 Å². The Balaban J connectivity index is 2.50. The highest BCUT2D eigenvalue weighted by atomic mass is 32.2. The minimum Gasteiger partial charge on any atom is -0.457 e. The lowest BCUT2D eigenvalue weighted by molar-refractivity contribution is 0.0351. The summed E-state index contributed by atoms with van der Waals surface area (Å²) < 4.78 is 14.4. The predicted molar refractivity (Wildman–Crippen MR) is 90.1 cm³/mol. The molecule has 0 saturated carbocycles. The molecule has 0 unspecified atom stereocenters. The van der Waals surface area contributed by atoms with Gasteiger partial charge in [-0.2, -0.15) is 0 Å². The van der Waals surface area contributed by atoms with Gasteiger partial charge in [-0.25, -0.2) is 14.4 Å². The molecule has 0 heterocycles. The van der Waals surface area contributed by atoms with Crippen molar-refractivity contribution >= 4 is 29.2 Å². The first kappa shape index (κ1) is 20.0. The number of esters is 1. The molecule has 6 nitrogen and oxygen atoms in total. The summed E-state index contributed by atoms with van der Waals surface area (Å²) in [6.07, 6.45) is -1.02. The van der Waals surface area contributed by atoms with Crippen LogP contribution in [0.1, 0.15) is 38.1 Å². The van der Waals surface area contributed by atoms with E-state index in [0.717, 1.165) is 11.8 Å². The Morgan fingerprint density at radius 3 is 2.00 bits per heavy atom. The third-order valence-electron chi connectivity index (χ3n) is 2.54. The Morgan fingerprint density at radius 1 is 0.917 bits per heavy atom. The van der Waals surface area contributed by atoms with E-state index < -0.39 is 17.4 Å². The number of carbonyl (C=O) groups excluding carboxylic acids is 3. The summed E-state index contributed by atoms with van der Waals surface area (Å²) in [7, 11) is 0. The van der Waals surface area contributed by atoms with Gasteiger partial charge in [-0.15, -0.1) is 0 Å². The zero-order valence-corrected chi connectivity index (χ0v) is 15.1. The normalized spacial score (nSPS) is 10.6. The van der Waals surface area contributed by atoms with Crippen molar-refractivity contribution in [3.63, 3.8) is 0 Å². The van der Waals surface area contributed by atoms with Crippen molar-refractivity contribution in [2.24, 2.45) is 11.8 Å². The van der Waals surface area contributed by atoms with E-state index in [2.05, 4.69) is 4.74 Å². The molecule has 7 heteroatoms. The molecule has 24 heavy (non-hydrogen) atoms. The second kappa shape index (κ2) is 9.97. The Hall–Kier alpha value is -2.02. The maximum Gasteiger partial charge on any atom is 0.516 e. The van der Waals surface area contributed by atoms with Crippen LogP contribution in [0.4, 0.5) is 9.59 Å². The average Bonchev–Trinajstić information content (AvgIpc) is 2.51. The third-order valence-corrected chi connectivity index (χ3v) is 3.33. The molecule has 0 aliphatic heterocycles. The molecule has 0 bridgehead atoms. The Bertz CT molecular complexity index is 565. The van der Waals surface area contributed by atoms with Crippen molar-refractivity contribution in [2.75, 3.05) is 13.2 Å². The molecule has 0 aliphatic carbocycles. The molecule has 0 N–H and O–H groups in total. The van der Waals surface area contributed by atoms with Gasteiger partial charge in [0, 0.05) is 4.90 Å². The van der Waals surface area contributed by atoms with Crippen LogP contribution in [0, 0.1) is 11.8 Å². The lowest BCUT2D eigenvalue weighted by Crippen LogP contribution is -2.16. The monoisotopic (exact) mass is 354 g/mol. The fourth-order valence-corrected chi connectivity index (χ4v) is 2.01. The van der Waals surface area contributed by atoms with Crippen molar-refractivity contribution in [3.8, 4) is 0 Å². The second-order valence-corrected chi connectivity index (χ2v) is 6.93. The van der Waals surface area contributed by atoms with Crippen molar-refractivity contribution < 1.29 is 28.6 Å². The van der Waals surface area contributed by atoms with Crippen molar-refractivity contribution in [1.29, 1.82) is 0 Å². The third kappa shape index (κ3) is 8.01. The summed E-state index contributed by atoms with van der Waals surface area (Å²) in [6, 6.07) is 6.10. The van der Waals surface area contributed by atoms with Crippen LogP contribution in [0.25, 0.3) is 0 Å². The van der Waals surface area contributed by atoms with Gasteiger partial charge in [-0.05, 0) is 47.9 Å². The van der Waals surface area contributed by atoms with E-state index in [0.29, 0.717) is 11.5 Å². The molecule has 0 fully saturated rings. The molecule has 0 saturated heterocycles. The van der Waals surface area contributed by atoms with Gasteiger partial charge in [-0.3, -0.25) is 0 Å². The minimum absolute atomic E-state index is 0.152. The first-order valence-corrected chi connectivity index (χ1v) is 8.43. The molecular weight excluding hydrogens is 332 g/mol. The maximum atomic E-state index is 11.8. The summed E-state index contributed by atoms with van der Waals surface area (Å²) in [4.78, 5) is 35.4. The largest absolute Gasteiger partial charge is 0.516 e. The van der Waals surface area contributed by atoms with Crippen LogP contribution in [0.15, 0.2) is 29.2 Å². The topological polar surface area (TPSA) is 78.9 Å². The fraction of sp³-hybridized carbons (Fsp3) is 0.471. The molecule has 0 aliphatic rings. The van der Waals surface area contributed by atoms with E-state index in [1.165, 1.54) is 12.1 Å². The fourth-order valence-electron chi connectivity index (χ4n) is 1.42. The molecule has 0 amide bonds. The van der Waals surface area contributed by atoms with Crippen molar-refractivity contribution in [1.82, 2.24) is 0 Å². The Kier molecular flexibility index (Phi) is 8.32. The minimum atomic E-state index is -1.02. The number of thioether (sulfide) groups is 1. The number of hydrogen-bond donors (Lipinski definition) is 0. The van der Waals surface area contributed by atoms with Gasteiger partial charge in [0.2, 0.25) is 0 Å². The molecule has 1 rings (SSSR count). The van der Waals surface area contributed by atoms with Crippen LogP contribution in [0.3, 0.4) is 0 Å². The van der Waals surface area contributed by atoms with Gasteiger partial charge in [0.15, 0.2) is 0 Å². The van der Waals surface area contributed by atoms with Crippen LogP contribution >= 0.6 is 11.8 Å². The standard InChI is InChI=1S/C17H22O6S/c1-11(2)9-21-16(19)23-15(18)13-5-7-14(8-6-13)24-17(20)22-10-12(3)4/h5-8,11-12H,9-10H2,1-4H3. The van der Waals surface area contributed by atoms with Gasteiger partial charge >= 0.3 is 17.4 Å². The van der Waals surface area contributed by atoms with E-state index in [1.54, 1.807) is 12.1 Å². The van der Waals surface area contributed by atoms with E-state index in [1.807, 2.05) is 27.7 Å². The number of benzene rings is 1. The SMILES string of the molecule is CC(C)COC(=O)OC(=O)c1ccc(SC(=O)OCC(C)C)cc1. The lowest BCUT2D eigenvalue weighted by Gasteiger charge is -2.08. The van der Waals surface area contributed by atoms with Crippen LogP contribution in [-0.2, 0) is 14.2 Å². The van der Waals surface area contributed by atoms with Gasteiger partial charge in [0.1, 0.15) is 0 Å². The Labute approximate surface area is 145 Å². The Morgan fingerprint density at radius 2 is 1.46 bits per heavy atom.